The molecule has 4 heteroatoms. The number of nitrogens with zero attached hydrogens (tertiary/aromatic N) is 2. The molecule has 1 radical (unpaired) electrons. The third-order valence-corrected chi connectivity index (χ3v) is 1.37. The van der Waals surface area contributed by atoms with E-state index in [1.54, 1.807) is 6.21 Å². The van der Waals surface area contributed by atoms with Crippen molar-refractivity contribution in [1.82, 2.24) is 5.43 Å². The van der Waals surface area contributed by atoms with Crippen molar-refractivity contribution in [3.63, 3.8) is 0 Å². The van der Waals surface area contributed by atoms with Gasteiger partial charge in [-0.05, 0) is 0 Å². The van der Waals surface area contributed by atoms with Crippen LogP contribution in [-0.2, 0) is 0 Å². The van der Waals surface area contributed by atoms with E-state index in [1.165, 1.54) is 0 Å². The molecule has 0 unspecified atom stereocenters. The molecule has 8 heavy (non-hydrogen) atoms. The van der Waals surface area contributed by atoms with E-state index in [4.69, 9.17) is 23.2 Å². The van der Waals surface area contributed by atoms with Crippen LogP contribution in [0.15, 0.2) is 15.8 Å². The Bertz CT molecular complexity index is 150. The van der Waals surface area contributed by atoms with Crippen LogP contribution in [0.4, 0.5) is 0 Å². The highest BCUT2D eigenvalue weighted by Crippen LogP contribution is 2.11. The van der Waals surface area contributed by atoms with Crippen LogP contribution in [0.2, 0.25) is 0 Å². The Labute approximate surface area is 57.2 Å². The summed E-state index contributed by atoms with van der Waals surface area (Å²) in [5, 5.41) is 3.93. The van der Waals surface area contributed by atoms with Crippen LogP contribution in [0.5, 0.6) is 0 Å². The van der Waals surface area contributed by atoms with Crippen molar-refractivity contribution >= 4 is 29.4 Å². The average molecular weight is 150 g/mol. The molecule has 0 atom stereocenters. The van der Waals surface area contributed by atoms with E-state index < -0.39 is 0 Å². The molecule has 0 aromatic heterocycles. The summed E-state index contributed by atoms with van der Waals surface area (Å²) in [7, 11) is 0. The van der Waals surface area contributed by atoms with E-state index in [-0.39, 0.29) is 0 Å². The fraction of sp³-hybridized carbons (Fsp3) is 0.250. The maximum atomic E-state index is 5.48. The zero-order chi connectivity index (χ0) is 5.98. The third-order valence-electron chi connectivity index (χ3n) is 0.768. The van der Waals surface area contributed by atoms with Crippen molar-refractivity contribution in [1.29, 1.82) is 0 Å². The molecule has 0 N–H and O–H groups in total. The molecule has 0 saturated carbocycles. The van der Waals surface area contributed by atoms with Crippen molar-refractivity contribution in [2.24, 2.45) is 5.10 Å². The Morgan fingerprint density at radius 1 is 1.62 bits per heavy atom. The molecule has 0 bridgehead atoms. The molecule has 1 heterocycles. The van der Waals surface area contributed by atoms with Crippen LogP contribution in [0.25, 0.3) is 0 Å². The van der Waals surface area contributed by atoms with Crippen molar-refractivity contribution in [2.75, 3.05) is 5.88 Å². The van der Waals surface area contributed by atoms with Crippen molar-refractivity contribution in [3.8, 4) is 0 Å². The second kappa shape index (κ2) is 2.37. The lowest BCUT2D eigenvalue weighted by atomic mass is 10.4. The largest absolute Gasteiger partial charge is 0.157 e. The van der Waals surface area contributed by atoms with Gasteiger partial charge < -0.3 is 0 Å². The topological polar surface area (TPSA) is 26.5 Å². The Kier molecular flexibility index (Phi) is 1.76. The highest BCUT2D eigenvalue weighted by atomic mass is 35.5. The normalized spacial score (nSPS) is 17.2. The van der Waals surface area contributed by atoms with Gasteiger partial charge in [0.2, 0.25) is 0 Å². The maximum Gasteiger partial charge on any atom is 0.157 e. The summed E-state index contributed by atoms with van der Waals surface area (Å²) in [4.78, 5) is 0. The van der Waals surface area contributed by atoms with Gasteiger partial charge in [-0.2, -0.15) is 5.10 Å². The number of hydrogen-bond donors (Lipinski definition) is 0. The van der Waals surface area contributed by atoms with Crippen LogP contribution in [-0.4, -0.2) is 12.1 Å². The summed E-state index contributed by atoms with van der Waals surface area (Å²) in [5.41, 5.74) is 4.30. The van der Waals surface area contributed by atoms with Gasteiger partial charge in [0.1, 0.15) is 0 Å². The van der Waals surface area contributed by atoms with Gasteiger partial charge in [-0.15, -0.1) is 17.0 Å². The summed E-state index contributed by atoms with van der Waals surface area (Å²) in [6.07, 6.45) is 1.55. The third kappa shape index (κ3) is 0.956. The average Bonchev–Trinajstić information content (AvgIpc) is 2.14. The number of hydrogen-bond acceptors (Lipinski definition) is 1. The van der Waals surface area contributed by atoms with Crippen LogP contribution < -0.4 is 5.43 Å². The zero-order valence-corrected chi connectivity index (χ0v) is 5.45. The number of alkyl halides is 1. The Balaban J connectivity index is 2.70. The SMILES string of the molecule is ClCC1=C(Cl)[N]N=C1. The lowest BCUT2D eigenvalue weighted by molar-refractivity contribution is 0.952. The van der Waals surface area contributed by atoms with Gasteiger partial charge in [0.25, 0.3) is 0 Å². The fourth-order valence-corrected chi connectivity index (χ4v) is 0.780. The lowest BCUT2D eigenvalue weighted by Crippen LogP contribution is -1.86. The highest BCUT2D eigenvalue weighted by Gasteiger charge is 2.06. The summed E-state index contributed by atoms with van der Waals surface area (Å²) in [6, 6.07) is 0. The molecule has 0 saturated heterocycles. The smallest absolute Gasteiger partial charge is 0.157 e. The molecule has 0 fully saturated rings. The zero-order valence-electron chi connectivity index (χ0n) is 3.93. The molecule has 1 aliphatic heterocycles. The monoisotopic (exact) mass is 149 g/mol. The van der Waals surface area contributed by atoms with E-state index in [0.29, 0.717) is 11.0 Å². The van der Waals surface area contributed by atoms with Crippen LogP contribution in [0.3, 0.4) is 0 Å². The first-order chi connectivity index (χ1) is 3.84. The summed E-state index contributed by atoms with van der Waals surface area (Å²) < 4.78 is 0. The van der Waals surface area contributed by atoms with E-state index >= 15 is 0 Å². The molecule has 0 spiro atoms. The minimum atomic E-state index is 0.381. The summed E-state index contributed by atoms with van der Waals surface area (Å²) >= 11 is 10.9. The van der Waals surface area contributed by atoms with E-state index in [0.717, 1.165) is 5.57 Å². The van der Waals surface area contributed by atoms with E-state index in [9.17, 15) is 0 Å². The van der Waals surface area contributed by atoms with Crippen LogP contribution in [0.1, 0.15) is 0 Å². The molecule has 0 aromatic rings. The molecule has 0 amide bonds. The lowest BCUT2D eigenvalue weighted by Gasteiger charge is -1.85. The quantitative estimate of drug-likeness (QED) is 0.397. The standard InChI is InChI=1S/C4H3Cl2N2/c5-1-3-2-7-8-4(3)6/h2H,1H2. The number of rotatable bonds is 1. The minimum Gasteiger partial charge on any atom is -0.157 e. The van der Waals surface area contributed by atoms with Gasteiger partial charge in [-0.25, -0.2) is 0 Å². The van der Waals surface area contributed by atoms with Gasteiger partial charge in [0, 0.05) is 5.57 Å². The van der Waals surface area contributed by atoms with Gasteiger partial charge in [-0.1, -0.05) is 11.6 Å². The maximum absolute atomic E-state index is 5.48. The number of allylic oxidation sites excluding steroid dienone is 1. The van der Waals surface area contributed by atoms with Gasteiger partial charge in [-0.3, -0.25) is 0 Å². The Hall–Kier alpha value is -0.210. The highest BCUT2D eigenvalue weighted by molar-refractivity contribution is 6.33. The second-order valence-electron chi connectivity index (χ2n) is 1.29. The van der Waals surface area contributed by atoms with Crippen LogP contribution >= 0.6 is 23.2 Å². The number of halogens is 2. The minimum absolute atomic E-state index is 0.381. The molecule has 0 aliphatic carbocycles. The van der Waals surface area contributed by atoms with E-state index in [1.807, 2.05) is 0 Å². The van der Waals surface area contributed by atoms with Crippen molar-refractivity contribution in [2.45, 2.75) is 0 Å². The molecular weight excluding hydrogens is 147 g/mol. The summed E-state index contributed by atoms with van der Waals surface area (Å²) in [6.45, 7) is 0. The van der Waals surface area contributed by atoms with E-state index in [2.05, 4.69) is 10.5 Å². The predicted molar refractivity (Wildman–Crippen MR) is 34.2 cm³/mol. The van der Waals surface area contributed by atoms with Crippen LogP contribution in [0, 0.1) is 0 Å². The molecular formula is C4H3Cl2N2. The molecule has 1 aliphatic rings. The van der Waals surface area contributed by atoms with Gasteiger partial charge in [0.05, 0.1) is 12.1 Å². The Morgan fingerprint density at radius 3 is 2.62 bits per heavy atom. The second-order valence-corrected chi connectivity index (χ2v) is 1.92. The Morgan fingerprint density at radius 2 is 2.38 bits per heavy atom. The first-order valence-corrected chi connectivity index (χ1v) is 2.94. The first kappa shape index (κ1) is 5.92. The van der Waals surface area contributed by atoms with Gasteiger partial charge in [0.15, 0.2) is 5.16 Å². The molecule has 0 aromatic carbocycles. The first-order valence-electron chi connectivity index (χ1n) is 2.03. The van der Waals surface area contributed by atoms with Gasteiger partial charge >= 0.3 is 0 Å². The molecule has 1 rings (SSSR count). The van der Waals surface area contributed by atoms with Crippen molar-refractivity contribution in [3.05, 3.63) is 10.7 Å². The summed E-state index contributed by atoms with van der Waals surface area (Å²) in [5.74, 6) is 0.381. The van der Waals surface area contributed by atoms with Crippen molar-refractivity contribution < 1.29 is 0 Å². The molecule has 2 nitrogen and oxygen atoms in total. The molecule has 43 valence electrons. The fourth-order valence-electron chi connectivity index (χ4n) is 0.356. The predicted octanol–water partition coefficient (Wildman–Crippen LogP) is 1.28.